The number of aryl methyl sites for hydroxylation is 1. The number of rotatable bonds is 4. The highest BCUT2D eigenvalue weighted by Gasteiger charge is 2.14. The topological polar surface area (TPSA) is 78.9 Å². The third-order valence-electron chi connectivity index (χ3n) is 3.48. The third-order valence-corrected chi connectivity index (χ3v) is 4.52. The zero-order chi connectivity index (χ0) is 18.0. The van der Waals surface area contributed by atoms with Crippen LogP contribution in [0, 0.1) is 19.3 Å². The van der Waals surface area contributed by atoms with Gasteiger partial charge in [-0.3, -0.25) is 4.79 Å². The van der Waals surface area contributed by atoms with Gasteiger partial charge in [-0.25, -0.2) is 0 Å². The first-order valence-corrected chi connectivity index (χ1v) is 8.10. The summed E-state index contributed by atoms with van der Waals surface area (Å²) in [6, 6.07) is 5.18. The molecule has 0 atom stereocenters. The molecule has 128 valence electrons. The van der Waals surface area contributed by atoms with Crippen molar-refractivity contribution in [3.63, 3.8) is 0 Å². The minimum Gasteiger partial charge on any atom is -0.493 e. The molecule has 1 amide bonds. The SMILES string of the molecule is C#CCn1c(=NC(=O)c2cc(C)on2)sc2cc(OC)c(OC)cc21. The van der Waals surface area contributed by atoms with Crippen LogP contribution in [0.1, 0.15) is 16.2 Å². The predicted molar refractivity (Wildman–Crippen MR) is 92.9 cm³/mol. The molecule has 2 heterocycles. The zero-order valence-corrected chi connectivity index (χ0v) is 14.7. The lowest BCUT2D eigenvalue weighted by Crippen LogP contribution is -2.16. The van der Waals surface area contributed by atoms with Crippen LogP contribution < -0.4 is 14.3 Å². The molecule has 8 heteroatoms. The summed E-state index contributed by atoms with van der Waals surface area (Å²) in [5.74, 6) is 3.79. The quantitative estimate of drug-likeness (QED) is 0.670. The summed E-state index contributed by atoms with van der Waals surface area (Å²) in [5, 5.41) is 3.69. The number of fused-ring (bicyclic) bond motifs is 1. The van der Waals surface area contributed by atoms with Crippen LogP contribution >= 0.6 is 11.3 Å². The maximum absolute atomic E-state index is 12.3. The van der Waals surface area contributed by atoms with Gasteiger partial charge in [0.15, 0.2) is 22.0 Å². The normalized spacial score (nSPS) is 11.5. The van der Waals surface area contributed by atoms with Gasteiger partial charge in [-0.2, -0.15) is 4.99 Å². The standard InChI is InChI=1S/C17H15N3O4S/c1-5-6-20-12-8-13(22-3)14(23-4)9-15(12)25-17(20)18-16(21)11-7-10(2)24-19-11/h1,7-9H,6H2,2-4H3. The maximum Gasteiger partial charge on any atom is 0.301 e. The Kier molecular flexibility index (Phi) is 4.59. The van der Waals surface area contributed by atoms with Crippen LogP contribution in [0.15, 0.2) is 27.7 Å². The van der Waals surface area contributed by atoms with E-state index in [1.165, 1.54) is 17.4 Å². The summed E-state index contributed by atoms with van der Waals surface area (Å²) >= 11 is 1.33. The highest BCUT2D eigenvalue weighted by molar-refractivity contribution is 7.16. The second-order valence-corrected chi connectivity index (χ2v) is 6.10. The Morgan fingerprint density at radius 1 is 1.36 bits per heavy atom. The molecular formula is C17H15N3O4S. The van der Waals surface area contributed by atoms with Crippen molar-refractivity contribution in [3.8, 4) is 23.8 Å². The van der Waals surface area contributed by atoms with E-state index in [9.17, 15) is 4.79 Å². The molecule has 7 nitrogen and oxygen atoms in total. The number of methoxy groups -OCH3 is 2. The van der Waals surface area contributed by atoms with Gasteiger partial charge < -0.3 is 18.6 Å². The summed E-state index contributed by atoms with van der Waals surface area (Å²) in [4.78, 5) is 16.9. The van der Waals surface area contributed by atoms with E-state index in [1.54, 1.807) is 25.7 Å². The lowest BCUT2D eigenvalue weighted by molar-refractivity contribution is 0.0989. The Bertz CT molecular complexity index is 1050. The number of hydrogen-bond donors (Lipinski definition) is 0. The number of thiazole rings is 1. The Balaban J connectivity index is 2.20. The summed E-state index contributed by atoms with van der Waals surface area (Å²) in [5.41, 5.74) is 0.959. The van der Waals surface area contributed by atoms with Gasteiger partial charge in [-0.15, -0.1) is 6.42 Å². The molecule has 0 N–H and O–H groups in total. The molecule has 0 spiro atoms. The monoisotopic (exact) mass is 357 g/mol. The van der Waals surface area contributed by atoms with Gasteiger partial charge in [-0.1, -0.05) is 22.4 Å². The van der Waals surface area contributed by atoms with Gasteiger partial charge in [0.25, 0.3) is 0 Å². The van der Waals surface area contributed by atoms with Crippen LogP contribution in [0.4, 0.5) is 0 Å². The van der Waals surface area contributed by atoms with E-state index in [4.69, 9.17) is 20.4 Å². The van der Waals surface area contributed by atoms with Gasteiger partial charge in [0, 0.05) is 18.2 Å². The molecule has 25 heavy (non-hydrogen) atoms. The fraction of sp³-hybridized carbons (Fsp3) is 0.235. The van der Waals surface area contributed by atoms with Gasteiger partial charge in [0.1, 0.15) is 5.76 Å². The van der Waals surface area contributed by atoms with Crippen molar-refractivity contribution in [1.29, 1.82) is 0 Å². The van der Waals surface area contributed by atoms with Crippen molar-refractivity contribution in [2.24, 2.45) is 4.99 Å². The largest absolute Gasteiger partial charge is 0.493 e. The number of aromatic nitrogens is 2. The number of terminal acetylenes is 1. The summed E-state index contributed by atoms with van der Waals surface area (Å²) in [6.07, 6.45) is 5.48. The van der Waals surface area contributed by atoms with Gasteiger partial charge in [-0.05, 0) is 6.92 Å². The van der Waals surface area contributed by atoms with E-state index in [0.29, 0.717) is 22.1 Å². The van der Waals surface area contributed by atoms with E-state index < -0.39 is 5.91 Å². The van der Waals surface area contributed by atoms with Crippen molar-refractivity contribution in [2.45, 2.75) is 13.5 Å². The second kappa shape index (κ2) is 6.83. The van der Waals surface area contributed by atoms with E-state index in [-0.39, 0.29) is 12.2 Å². The molecule has 0 aliphatic rings. The lowest BCUT2D eigenvalue weighted by Gasteiger charge is -2.08. The minimum absolute atomic E-state index is 0.150. The van der Waals surface area contributed by atoms with Crippen LogP contribution in [0.3, 0.4) is 0 Å². The number of amides is 1. The maximum atomic E-state index is 12.3. The molecule has 1 aromatic carbocycles. The zero-order valence-electron chi connectivity index (χ0n) is 13.9. The van der Waals surface area contributed by atoms with Crippen molar-refractivity contribution < 1.29 is 18.8 Å². The molecule has 0 fully saturated rings. The van der Waals surface area contributed by atoms with Gasteiger partial charge in [0.2, 0.25) is 0 Å². The number of nitrogens with zero attached hydrogens (tertiary/aromatic N) is 3. The van der Waals surface area contributed by atoms with E-state index in [1.807, 2.05) is 12.1 Å². The smallest absolute Gasteiger partial charge is 0.301 e. The van der Waals surface area contributed by atoms with Crippen LogP contribution in [-0.4, -0.2) is 29.9 Å². The summed E-state index contributed by atoms with van der Waals surface area (Å²) in [7, 11) is 3.12. The van der Waals surface area contributed by atoms with E-state index in [0.717, 1.165) is 10.2 Å². The van der Waals surface area contributed by atoms with Crippen LogP contribution in [0.2, 0.25) is 0 Å². The van der Waals surface area contributed by atoms with Crippen molar-refractivity contribution in [3.05, 3.63) is 34.5 Å². The molecule has 0 radical (unpaired) electrons. The van der Waals surface area contributed by atoms with E-state index >= 15 is 0 Å². The fourth-order valence-corrected chi connectivity index (χ4v) is 3.38. The Morgan fingerprint density at radius 2 is 2.08 bits per heavy atom. The summed E-state index contributed by atoms with van der Waals surface area (Å²) in [6.45, 7) is 1.97. The van der Waals surface area contributed by atoms with Crippen molar-refractivity contribution in [2.75, 3.05) is 14.2 Å². The van der Waals surface area contributed by atoms with Crippen LogP contribution in [-0.2, 0) is 6.54 Å². The molecule has 0 saturated heterocycles. The van der Waals surface area contributed by atoms with Crippen LogP contribution in [0.5, 0.6) is 11.5 Å². The Hall–Kier alpha value is -3.05. The molecule has 3 rings (SSSR count). The van der Waals surface area contributed by atoms with Gasteiger partial charge >= 0.3 is 5.91 Å². The highest BCUT2D eigenvalue weighted by atomic mass is 32.1. The first kappa shape index (κ1) is 16.8. The predicted octanol–water partition coefficient (Wildman–Crippen LogP) is 2.39. The number of ether oxygens (including phenoxy) is 2. The average molecular weight is 357 g/mol. The first-order valence-electron chi connectivity index (χ1n) is 7.28. The molecule has 0 aliphatic carbocycles. The molecule has 0 bridgehead atoms. The molecule has 3 aromatic rings. The number of carbonyl (C=O) groups excluding carboxylic acids is 1. The second-order valence-electron chi connectivity index (χ2n) is 5.09. The van der Waals surface area contributed by atoms with E-state index in [2.05, 4.69) is 16.1 Å². The fourth-order valence-electron chi connectivity index (χ4n) is 2.34. The Labute approximate surface area is 147 Å². The van der Waals surface area contributed by atoms with Crippen LogP contribution in [0.25, 0.3) is 10.2 Å². The number of benzene rings is 1. The Morgan fingerprint density at radius 3 is 2.68 bits per heavy atom. The third kappa shape index (κ3) is 3.14. The summed E-state index contributed by atoms with van der Waals surface area (Å²) < 4.78 is 18.2. The number of hydrogen-bond acceptors (Lipinski definition) is 6. The molecule has 2 aromatic heterocycles. The minimum atomic E-state index is -0.492. The highest BCUT2D eigenvalue weighted by Crippen LogP contribution is 2.33. The molecular weight excluding hydrogens is 342 g/mol. The van der Waals surface area contributed by atoms with Crippen molar-refractivity contribution >= 4 is 27.5 Å². The molecule has 0 aliphatic heterocycles. The van der Waals surface area contributed by atoms with Gasteiger partial charge in [0.05, 0.1) is 31.0 Å². The molecule has 0 unspecified atom stereocenters. The molecule has 0 saturated carbocycles. The first-order chi connectivity index (χ1) is 12.1. The average Bonchev–Trinajstić information content (AvgIpc) is 3.18. The number of carbonyl (C=O) groups is 1. The lowest BCUT2D eigenvalue weighted by atomic mass is 10.3. The van der Waals surface area contributed by atoms with Crippen molar-refractivity contribution in [1.82, 2.24) is 9.72 Å².